The number of hydrogen-bond acceptors (Lipinski definition) is 4. The Hall–Kier alpha value is -2.74. The number of halogens is 1. The molecule has 0 aliphatic carbocycles. The number of aromatic nitrogens is 2. The maximum Gasteiger partial charge on any atom is 0.305 e. The van der Waals surface area contributed by atoms with Gasteiger partial charge >= 0.3 is 5.97 Å². The van der Waals surface area contributed by atoms with Gasteiger partial charge in [-0.2, -0.15) is 5.10 Å². The number of hydrogen-bond donors (Lipinski definition) is 1. The average molecular weight is 361 g/mol. The molecule has 2 aromatic rings. The molecule has 138 valence electrons. The highest BCUT2D eigenvalue weighted by atomic mass is 19.1. The van der Waals surface area contributed by atoms with E-state index in [4.69, 9.17) is 9.84 Å². The van der Waals surface area contributed by atoms with Crippen LogP contribution >= 0.6 is 0 Å². The van der Waals surface area contributed by atoms with Crippen molar-refractivity contribution in [1.82, 2.24) is 14.7 Å². The molecule has 1 aliphatic rings. The Morgan fingerprint density at radius 2 is 2.12 bits per heavy atom. The highest BCUT2D eigenvalue weighted by molar-refractivity contribution is 5.95. The van der Waals surface area contributed by atoms with Crippen LogP contribution in [0.3, 0.4) is 0 Å². The minimum absolute atomic E-state index is 0.0847. The molecule has 1 fully saturated rings. The molecule has 1 aromatic carbocycles. The van der Waals surface area contributed by atoms with Crippen LogP contribution in [0.2, 0.25) is 0 Å². The fourth-order valence-electron chi connectivity index (χ4n) is 3.07. The summed E-state index contributed by atoms with van der Waals surface area (Å²) in [6.07, 6.45) is 4.27. The van der Waals surface area contributed by atoms with Crippen molar-refractivity contribution >= 4 is 11.9 Å². The quantitative estimate of drug-likeness (QED) is 0.852. The topological polar surface area (TPSA) is 84.7 Å². The van der Waals surface area contributed by atoms with E-state index in [1.165, 1.54) is 34.0 Å². The van der Waals surface area contributed by atoms with Crippen molar-refractivity contribution < 1.29 is 23.8 Å². The van der Waals surface area contributed by atoms with Gasteiger partial charge in [-0.05, 0) is 37.1 Å². The van der Waals surface area contributed by atoms with E-state index in [0.29, 0.717) is 26.1 Å². The number of nitrogens with zero attached hydrogens (tertiary/aromatic N) is 3. The Labute approximate surface area is 150 Å². The maximum atomic E-state index is 14.4. The monoisotopic (exact) mass is 361 g/mol. The second-order valence-corrected chi connectivity index (χ2v) is 6.10. The molecule has 0 unspecified atom stereocenters. The first-order valence-corrected chi connectivity index (χ1v) is 8.46. The maximum absolute atomic E-state index is 14.4. The molecule has 2 heterocycles. The summed E-state index contributed by atoms with van der Waals surface area (Å²) in [5.74, 6) is -1.91. The van der Waals surface area contributed by atoms with Gasteiger partial charge in [-0.25, -0.2) is 9.07 Å². The van der Waals surface area contributed by atoms with Crippen LogP contribution in [-0.2, 0) is 9.53 Å². The number of carbonyl (C=O) groups excluding carboxylic acids is 1. The Morgan fingerprint density at radius 3 is 2.73 bits per heavy atom. The highest BCUT2D eigenvalue weighted by Gasteiger charge is 2.27. The van der Waals surface area contributed by atoms with E-state index < -0.39 is 11.8 Å². The van der Waals surface area contributed by atoms with E-state index >= 15 is 0 Å². The zero-order valence-electron chi connectivity index (χ0n) is 14.2. The van der Waals surface area contributed by atoms with E-state index in [2.05, 4.69) is 5.10 Å². The Morgan fingerprint density at radius 1 is 1.35 bits per heavy atom. The number of aliphatic carboxylic acids is 1. The molecule has 0 radical (unpaired) electrons. The number of carbonyl (C=O) groups is 2. The molecule has 0 bridgehead atoms. The second kappa shape index (κ2) is 8.09. The molecule has 1 aliphatic heterocycles. The van der Waals surface area contributed by atoms with Crippen LogP contribution in [0.4, 0.5) is 4.39 Å². The number of ether oxygens (including phenoxy) is 1. The van der Waals surface area contributed by atoms with Gasteiger partial charge in [0.05, 0.1) is 6.42 Å². The standard InChI is InChI=1S/C18H20FN3O4/c19-15-12-13(2-3-16(15)22-8-1-7-20-22)18(25)21(9-4-17(23)24)14-5-10-26-11-6-14/h1-3,7-8,12,14H,4-6,9-11H2,(H,23,24). The number of carboxylic acids is 1. The summed E-state index contributed by atoms with van der Waals surface area (Å²) in [5, 5.41) is 12.9. The summed E-state index contributed by atoms with van der Waals surface area (Å²) in [6, 6.07) is 5.78. The zero-order chi connectivity index (χ0) is 18.5. The van der Waals surface area contributed by atoms with Gasteiger partial charge in [0, 0.05) is 43.8 Å². The van der Waals surface area contributed by atoms with Crippen LogP contribution in [-0.4, -0.2) is 57.5 Å². The largest absolute Gasteiger partial charge is 0.481 e. The summed E-state index contributed by atoms with van der Waals surface area (Å²) in [6.45, 7) is 1.13. The van der Waals surface area contributed by atoms with Crippen molar-refractivity contribution in [2.45, 2.75) is 25.3 Å². The Balaban J connectivity index is 1.83. The summed E-state index contributed by atoms with van der Waals surface area (Å²) < 4.78 is 21.1. The smallest absolute Gasteiger partial charge is 0.305 e. The summed E-state index contributed by atoms with van der Waals surface area (Å²) in [7, 11) is 0. The van der Waals surface area contributed by atoms with Crippen LogP contribution in [0.25, 0.3) is 5.69 Å². The third-order valence-electron chi connectivity index (χ3n) is 4.40. The highest BCUT2D eigenvalue weighted by Crippen LogP contribution is 2.20. The first-order valence-electron chi connectivity index (χ1n) is 8.46. The van der Waals surface area contributed by atoms with Gasteiger partial charge in [-0.3, -0.25) is 9.59 Å². The van der Waals surface area contributed by atoms with Crippen molar-refractivity contribution in [3.63, 3.8) is 0 Å². The lowest BCUT2D eigenvalue weighted by Gasteiger charge is -2.34. The lowest BCUT2D eigenvalue weighted by molar-refractivity contribution is -0.137. The Kier molecular flexibility index (Phi) is 5.62. The lowest BCUT2D eigenvalue weighted by Crippen LogP contribution is -2.44. The van der Waals surface area contributed by atoms with E-state index in [9.17, 15) is 14.0 Å². The van der Waals surface area contributed by atoms with E-state index in [-0.39, 0.29) is 36.2 Å². The van der Waals surface area contributed by atoms with Gasteiger partial charge in [-0.15, -0.1) is 0 Å². The molecule has 8 heteroatoms. The van der Waals surface area contributed by atoms with Gasteiger partial charge in [0.25, 0.3) is 5.91 Å². The van der Waals surface area contributed by atoms with Crippen molar-refractivity contribution in [3.8, 4) is 5.69 Å². The molecule has 3 rings (SSSR count). The normalized spacial score (nSPS) is 15.0. The molecule has 0 atom stereocenters. The molecule has 1 N–H and O–H groups in total. The van der Waals surface area contributed by atoms with E-state index in [1.807, 2.05) is 0 Å². The van der Waals surface area contributed by atoms with Gasteiger partial charge in [0.15, 0.2) is 0 Å². The first-order chi connectivity index (χ1) is 12.6. The molecular weight excluding hydrogens is 341 g/mol. The molecule has 0 spiro atoms. The zero-order valence-corrected chi connectivity index (χ0v) is 14.2. The molecule has 26 heavy (non-hydrogen) atoms. The summed E-state index contributed by atoms with van der Waals surface area (Å²) in [4.78, 5) is 25.4. The van der Waals surface area contributed by atoms with Crippen LogP contribution < -0.4 is 0 Å². The minimum atomic E-state index is -0.977. The fraction of sp³-hybridized carbons (Fsp3) is 0.389. The van der Waals surface area contributed by atoms with Crippen molar-refractivity contribution in [3.05, 3.63) is 48.0 Å². The van der Waals surface area contributed by atoms with E-state index in [0.717, 1.165) is 0 Å². The molecule has 7 nitrogen and oxygen atoms in total. The van der Waals surface area contributed by atoms with Crippen molar-refractivity contribution in [2.75, 3.05) is 19.8 Å². The lowest BCUT2D eigenvalue weighted by atomic mass is 10.0. The summed E-state index contributed by atoms with van der Waals surface area (Å²) >= 11 is 0. The number of carboxylic acid groups (broad SMARTS) is 1. The van der Waals surface area contributed by atoms with Gasteiger partial charge in [0.1, 0.15) is 11.5 Å². The van der Waals surface area contributed by atoms with Crippen molar-refractivity contribution in [1.29, 1.82) is 0 Å². The second-order valence-electron chi connectivity index (χ2n) is 6.10. The SMILES string of the molecule is O=C(O)CCN(C(=O)c1ccc(-n2cccn2)c(F)c1)C1CCOCC1. The van der Waals surface area contributed by atoms with Gasteiger partial charge in [-0.1, -0.05) is 0 Å². The van der Waals surface area contributed by atoms with Crippen LogP contribution in [0.15, 0.2) is 36.7 Å². The number of rotatable bonds is 6. The van der Waals surface area contributed by atoms with Gasteiger partial charge < -0.3 is 14.7 Å². The molecular formula is C18H20FN3O4. The van der Waals surface area contributed by atoms with Crippen LogP contribution in [0.1, 0.15) is 29.6 Å². The number of amides is 1. The Bertz CT molecular complexity index is 773. The average Bonchev–Trinajstić information content (AvgIpc) is 3.16. The molecule has 1 amide bonds. The molecule has 0 saturated carbocycles. The first kappa shape index (κ1) is 18.1. The molecule has 1 saturated heterocycles. The summed E-state index contributed by atoms with van der Waals surface area (Å²) in [5.41, 5.74) is 0.435. The third-order valence-corrected chi connectivity index (χ3v) is 4.40. The third kappa shape index (κ3) is 4.08. The fourth-order valence-corrected chi connectivity index (χ4v) is 3.07. The van der Waals surface area contributed by atoms with Gasteiger partial charge in [0.2, 0.25) is 0 Å². The van der Waals surface area contributed by atoms with Crippen LogP contribution in [0.5, 0.6) is 0 Å². The number of benzene rings is 1. The van der Waals surface area contributed by atoms with Crippen LogP contribution in [0, 0.1) is 5.82 Å². The minimum Gasteiger partial charge on any atom is -0.481 e. The van der Waals surface area contributed by atoms with E-state index in [1.54, 1.807) is 12.3 Å². The predicted octanol–water partition coefficient (Wildman–Crippen LogP) is 2.11. The molecule has 1 aromatic heterocycles. The van der Waals surface area contributed by atoms with Crippen molar-refractivity contribution in [2.24, 2.45) is 0 Å². The predicted molar refractivity (Wildman–Crippen MR) is 90.7 cm³/mol.